The number of carbonyl (C=O) groups is 1. The summed E-state index contributed by atoms with van der Waals surface area (Å²) in [5.41, 5.74) is 1.36. The molecular weight excluding hydrogens is 426 g/mol. The van der Waals surface area contributed by atoms with Gasteiger partial charge in [0.1, 0.15) is 12.3 Å². The van der Waals surface area contributed by atoms with Gasteiger partial charge in [0, 0.05) is 18.5 Å². The van der Waals surface area contributed by atoms with E-state index in [2.05, 4.69) is 10.3 Å². The standard InChI is InChI=1S/C21H20ClN3O4S/c1-15-8-9-16(29-2)12-20(15)25(30(27,28)17-6-4-3-5-7-17)14-21(26)24-19-10-11-23-13-18(19)22/h3-13H,14H2,1-2H3,(H,23,24,26). The van der Waals surface area contributed by atoms with Crippen molar-refractivity contribution in [1.82, 2.24) is 4.98 Å². The Morgan fingerprint density at radius 1 is 1.17 bits per heavy atom. The molecular formula is C21H20ClN3O4S. The Labute approximate surface area is 180 Å². The molecule has 0 unspecified atom stereocenters. The average Bonchev–Trinajstić information content (AvgIpc) is 2.75. The van der Waals surface area contributed by atoms with Crippen molar-refractivity contribution in [3.8, 4) is 5.75 Å². The van der Waals surface area contributed by atoms with E-state index in [0.29, 0.717) is 22.7 Å². The maximum atomic E-state index is 13.4. The first-order valence-corrected chi connectivity index (χ1v) is 10.8. The number of halogens is 1. The molecule has 1 N–H and O–H groups in total. The highest BCUT2D eigenvalue weighted by Gasteiger charge is 2.28. The molecule has 0 fully saturated rings. The largest absolute Gasteiger partial charge is 0.497 e. The predicted octanol–water partition coefficient (Wildman–Crippen LogP) is 3.89. The van der Waals surface area contributed by atoms with Crippen molar-refractivity contribution in [3.63, 3.8) is 0 Å². The molecule has 0 aliphatic heterocycles. The number of hydrogen-bond acceptors (Lipinski definition) is 5. The van der Waals surface area contributed by atoms with Crippen molar-refractivity contribution < 1.29 is 17.9 Å². The summed E-state index contributed by atoms with van der Waals surface area (Å²) in [4.78, 5) is 16.7. The van der Waals surface area contributed by atoms with Crippen molar-refractivity contribution in [2.24, 2.45) is 0 Å². The Bertz CT molecular complexity index is 1150. The van der Waals surface area contributed by atoms with E-state index in [0.717, 1.165) is 4.31 Å². The van der Waals surface area contributed by atoms with Gasteiger partial charge in [0.2, 0.25) is 5.91 Å². The fraction of sp³-hybridized carbons (Fsp3) is 0.143. The lowest BCUT2D eigenvalue weighted by molar-refractivity contribution is -0.114. The minimum absolute atomic E-state index is 0.0713. The van der Waals surface area contributed by atoms with Crippen LogP contribution in [0, 0.1) is 6.92 Å². The number of aryl methyl sites for hydroxylation is 1. The summed E-state index contributed by atoms with van der Waals surface area (Å²) in [7, 11) is -2.54. The number of rotatable bonds is 7. The number of amides is 1. The normalized spacial score (nSPS) is 11.0. The molecule has 9 heteroatoms. The number of pyridine rings is 1. The lowest BCUT2D eigenvalue weighted by atomic mass is 10.2. The molecule has 1 aromatic heterocycles. The van der Waals surface area contributed by atoms with Crippen molar-refractivity contribution in [1.29, 1.82) is 0 Å². The molecule has 3 rings (SSSR count). The fourth-order valence-corrected chi connectivity index (χ4v) is 4.47. The molecule has 2 aromatic carbocycles. The van der Waals surface area contributed by atoms with E-state index >= 15 is 0 Å². The van der Waals surface area contributed by atoms with Crippen LogP contribution < -0.4 is 14.4 Å². The number of carbonyl (C=O) groups excluding carboxylic acids is 1. The Balaban J connectivity index is 2.02. The maximum Gasteiger partial charge on any atom is 0.264 e. The molecule has 156 valence electrons. The second-order valence-electron chi connectivity index (χ2n) is 6.38. The molecule has 1 heterocycles. The number of aromatic nitrogens is 1. The zero-order valence-corrected chi connectivity index (χ0v) is 17.9. The van der Waals surface area contributed by atoms with Crippen molar-refractivity contribution in [2.45, 2.75) is 11.8 Å². The van der Waals surface area contributed by atoms with Gasteiger partial charge in [0.05, 0.1) is 28.4 Å². The average molecular weight is 446 g/mol. The van der Waals surface area contributed by atoms with Gasteiger partial charge in [-0.1, -0.05) is 35.9 Å². The van der Waals surface area contributed by atoms with Gasteiger partial charge in [0.15, 0.2) is 0 Å². The molecule has 0 aliphatic carbocycles. The zero-order valence-electron chi connectivity index (χ0n) is 16.4. The van der Waals surface area contributed by atoms with Crippen LogP contribution in [0.2, 0.25) is 5.02 Å². The molecule has 7 nitrogen and oxygen atoms in total. The molecule has 0 spiro atoms. The Morgan fingerprint density at radius 3 is 2.57 bits per heavy atom. The second-order valence-corrected chi connectivity index (χ2v) is 8.65. The number of sulfonamides is 1. The van der Waals surface area contributed by atoms with Crippen LogP contribution in [-0.4, -0.2) is 33.0 Å². The van der Waals surface area contributed by atoms with Gasteiger partial charge in [0.25, 0.3) is 10.0 Å². The summed E-state index contributed by atoms with van der Waals surface area (Å²) in [6, 6.07) is 14.5. The van der Waals surface area contributed by atoms with E-state index in [4.69, 9.17) is 16.3 Å². The zero-order chi connectivity index (χ0) is 21.7. The van der Waals surface area contributed by atoms with Crippen molar-refractivity contribution in [3.05, 3.63) is 77.6 Å². The van der Waals surface area contributed by atoms with Crippen LogP contribution in [0.1, 0.15) is 5.56 Å². The van der Waals surface area contributed by atoms with Crippen LogP contribution in [0.15, 0.2) is 71.9 Å². The highest BCUT2D eigenvalue weighted by atomic mass is 35.5. The number of nitrogens with one attached hydrogen (secondary N) is 1. The van der Waals surface area contributed by atoms with Crippen LogP contribution in [-0.2, 0) is 14.8 Å². The minimum atomic E-state index is -4.03. The highest BCUT2D eigenvalue weighted by Crippen LogP contribution is 2.30. The van der Waals surface area contributed by atoms with Gasteiger partial charge in [-0.2, -0.15) is 0 Å². The first-order chi connectivity index (χ1) is 14.3. The molecule has 0 saturated carbocycles. The number of methoxy groups -OCH3 is 1. The van der Waals surface area contributed by atoms with Gasteiger partial charge in [-0.05, 0) is 36.8 Å². The lowest BCUT2D eigenvalue weighted by Crippen LogP contribution is -2.38. The van der Waals surface area contributed by atoms with Crippen LogP contribution in [0.25, 0.3) is 0 Å². The Morgan fingerprint density at radius 2 is 1.90 bits per heavy atom. The highest BCUT2D eigenvalue weighted by molar-refractivity contribution is 7.92. The molecule has 0 bridgehead atoms. The number of anilines is 2. The van der Waals surface area contributed by atoms with E-state index in [-0.39, 0.29) is 9.92 Å². The second kappa shape index (κ2) is 9.15. The van der Waals surface area contributed by atoms with Gasteiger partial charge in [-0.15, -0.1) is 0 Å². The summed E-state index contributed by atoms with van der Waals surface area (Å²) in [6.07, 6.45) is 2.87. The summed E-state index contributed by atoms with van der Waals surface area (Å²) >= 11 is 6.05. The molecule has 0 radical (unpaired) electrons. The number of hydrogen-bond donors (Lipinski definition) is 1. The van der Waals surface area contributed by atoms with Crippen molar-refractivity contribution >= 4 is 38.9 Å². The molecule has 0 aliphatic rings. The topological polar surface area (TPSA) is 88.6 Å². The summed E-state index contributed by atoms with van der Waals surface area (Å²) < 4.78 is 33.1. The minimum Gasteiger partial charge on any atom is -0.497 e. The molecule has 0 atom stereocenters. The Hall–Kier alpha value is -3.10. The first kappa shape index (κ1) is 21.6. The first-order valence-electron chi connectivity index (χ1n) is 8.94. The molecule has 30 heavy (non-hydrogen) atoms. The Kier molecular flexibility index (Phi) is 6.59. The third-order valence-electron chi connectivity index (χ3n) is 4.35. The summed E-state index contributed by atoms with van der Waals surface area (Å²) in [5.74, 6) is -0.0775. The third-order valence-corrected chi connectivity index (χ3v) is 6.43. The summed E-state index contributed by atoms with van der Waals surface area (Å²) in [5, 5.41) is 2.88. The third kappa shape index (κ3) is 4.72. The molecule has 0 saturated heterocycles. The smallest absolute Gasteiger partial charge is 0.264 e. The maximum absolute atomic E-state index is 13.4. The van der Waals surface area contributed by atoms with E-state index in [1.165, 1.54) is 37.7 Å². The molecule has 3 aromatic rings. The molecule has 1 amide bonds. The number of ether oxygens (including phenoxy) is 1. The lowest BCUT2D eigenvalue weighted by Gasteiger charge is -2.26. The van der Waals surface area contributed by atoms with Gasteiger partial charge in [-0.3, -0.25) is 14.1 Å². The van der Waals surface area contributed by atoms with Crippen LogP contribution in [0.3, 0.4) is 0 Å². The van der Waals surface area contributed by atoms with Crippen LogP contribution in [0.4, 0.5) is 11.4 Å². The quantitative estimate of drug-likeness (QED) is 0.596. The number of nitrogens with zero attached hydrogens (tertiary/aromatic N) is 2. The number of benzene rings is 2. The van der Waals surface area contributed by atoms with Crippen molar-refractivity contribution in [2.75, 3.05) is 23.3 Å². The van der Waals surface area contributed by atoms with E-state index < -0.39 is 22.5 Å². The van der Waals surface area contributed by atoms with Gasteiger partial charge < -0.3 is 10.1 Å². The predicted molar refractivity (Wildman–Crippen MR) is 117 cm³/mol. The fourth-order valence-electron chi connectivity index (χ4n) is 2.80. The van der Waals surface area contributed by atoms with Crippen LogP contribution in [0.5, 0.6) is 5.75 Å². The monoisotopic (exact) mass is 445 g/mol. The summed E-state index contributed by atoms with van der Waals surface area (Å²) in [6.45, 7) is 1.31. The van der Waals surface area contributed by atoms with Gasteiger partial charge >= 0.3 is 0 Å². The SMILES string of the molecule is COc1ccc(C)c(N(CC(=O)Nc2ccncc2Cl)S(=O)(=O)c2ccccc2)c1. The van der Waals surface area contributed by atoms with Gasteiger partial charge in [-0.25, -0.2) is 8.42 Å². The van der Waals surface area contributed by atoms with E-state index in [1.54, 1.807) is 43.3 Å². The van der Waals surface area contributed by atoms with Crippen LogP contribution >= 0.6 is 11.6 Å². The van der Waals surface area contributed by atoms with E-state index in [1.807, 2.05) is 0 Å². The van der Waals surface area contributed by atoms with E-state index in [9.17, 15) is 13.2 Å².